The molecule has 4 aromatic rings. The lowest BCUT2D eigenvalue weighted by Crippen LogP contribution is -2.29. The lowest BCUT2D eigenvalue weighted by molar-refractivity contribution is -0.120. The summed E-state index contributed by atoms with van der Waals surface area (Å²) in [6.45, 7) is 1.01. The van der Waals surface area contributed by atoms with E-state index in [1.165, 1.54) is 0 Å². The minimum absolute atomic E-state index is 0.0570. The number of thiophene rings is 1. The van der Waals surface area contributed by atoms with E-state index >= 15 is 0 Å². The standard InChI is InChI=1S/C22H21N5O2S/c1-29-19-6-3-2-5-16(19)13-21(28)25-10-11-27-22(20-7-4-12-30-20)17(14-26-27)18-15-23-8-9-24-18/h2-9,12,14-15H,10-11,13H2,1H3,(H,25,28). The molecule has 0 atom stereocenters. The number of methoxy groups -OCH3 is 1. The summed E-state index contributed by atoms with van der Waals surface area (Å²) in [6.07, 6.45) is 7.12. The maximum Gasteiger partial charge on any atom is 0.224 e. The molecule has 0 saturated heterocycles. The Kier molecular flexibility index (Phi) is 6.14. The van der Waals surface area contributed by atoms with Gasteiger partial charge < -0.3 is 10.1 Å². The van der Waals surface area contributed by atoms with Gasteiger partial charge in [-0.25, -0.2) is 0 Å². The van der Waals surface area contributed by atoms with E-state index in [9.17, 15) is 4.79 Å². The number of amides is 1. The Bertz CT molecular complexity index is 1110. The number of hydrogen-bond donors (Lipinski definition) is 1. The zero-order chi connectivity index (χ0) is 20.8. The molecule has 4 rings (SSSR count). The molecule has 0 radical (unpaired) electrons. The highest BCUT2D eigenvalue weighted by Gasteiger charge is 2.17. The Morgan fingerprint density at radius 1 is 1.17 bits per heavy atom. The van der Waals surface area contributed by atoms with Crippen LogP contribution in [0.1, 0.15) is 5.56 Å². The average Bonchev–Trinajstić information content (AvgIpc) is 3.44. The predicted molar refractivity (Wildman–Crippen MR) is 116 cm³/mol. The lowest BCUT2D eigenvalue weighted by atomic mass is 10.1. The summed E-state index contributed by atoms with van der Waals surface area (Å²) < 4.78 is 7.22. The van der Waals surface area contributed by atoms with E-state index in [1.807, 2.05) is 40.4 Å². The molecule has 3 heterocycles. The molecule has 0 spiro atoms. The number of para-hydroxylation sites is 1. The van der Waals surface area contributed by atoms with E-state index in [-0.39, 0.29) is 12.3 Å². The molecule has 7 nitrogen and oxygen atoms in total. The van der Waals surface area contributed by atoms with Gasteiger partial charge in [-0.1, -0.05) is 24.3 Å². The second kappa shape index (κ2) is 9.32. The number of benzene rings is 1. The Hall–Kier alpha value is -3.52. The van der Waals surface area contributed by atoms with Crippen molar-refractivity contribution in [2.45, 2.75) is 13.0 Å². The fraction of sp³-hybridized carbons (Fsp3) is 0.182. The molecule has 3 aromatic heterocycles. The van der Waals surface area contributed by atoms with Crippen molar-refractivity contribution in [3.8, 4) is 27.6 Å². The summed E-state index contributed by atoms with van der Waals surface area (Å²) in [7, 11) is 1.61. The number of nitrogens with one attached hydrogen (secondary N) is 1. The number of ether oxygens (including phenoxy) is 1. The molecule has 8 heteroatoms. The zero-order valence-electron chi connectivity index (χ0n) is 16.5. The molecule has 30 heavy (non-hydrogen) atoms. The zero-order valence-corrected chi connectivity index (χ0v) is 17.3. The van der Waals surface area contributed by atoms with Crippen molar-refractivity contribution >= 4 is 17.2 Å². The Balaban J connectivity index is 1.46. The van der Waals surface area contributed by atoms with E-state index in [1.54, 1.807) is 43.2 Å². The van der Waals surface area contributed by atoms with Crippen LogP contribution in [0, 0.1) is 0 Å². The van der Waals surface area contributed by atoms with Gasteiger partial charge in [-0.2, -0.15) is 5.10 Å². The summed E-state index contributed by atoms with van der Waals surface area (Å²) in [4.78, 5) is 22.1. The molecule has 0 aliphatic carbocycles. The normalized spacial score (nSPS) is 10.7. The van der Waals surface area contributed by atoms with Gasteiger partial charge in [0, 0.05) is 30.1 Å². The fourth-order valence-electron chi connectivity index (χ4n) is 3.24. The first-order valence-corrected chi connectivity index (χ1v) is 10.4. The fourth-order valence-corrected chi connectivity index (χ4v) is 4.03. The van der Waals surface area contributed by atoms with Gasteiger partial charge >= 0.3 is 0 Å². The van der Waals surface area contributed by atoms with E-state index in [2.05, 4.69) is 26.4 Å². The van der Waals surface area contributed by atoms with E-state index in [0.29, 0.717) is 18.8 Å². The maximum atomic E-state index is 12.4. The number of hydrogen-bond acceptors (Lipinski definition) is 6. The minimum Gasteiger partial charge on any atom is -0.496 e. The monoisotopic (exact) mass is 419 g/mol. The van der Waals surface area contributed by atoms with Crippen molar-refractivity contribution in [1.82, 2.24) is 25.1 Å². The van der Waals surface area contributed by atoms with Crippen LogP contribution in [0.25, 0.3) is 21.8 Å². The van der Waals surface area contributed by atoms with Gasteiger partial charge in [-0.15, -0.1) is 11.3 Å². The van der Waals surface area contributed by atoms with Gasteiger partial charge in [0.2, 0.25) is 5.91 Å². The highest BCUT2D eigenvalue weighted by molar-refractivity contribution is 7.13. The van der Waals surface area contributed by atoms with Gasteiger partial charge in [0.15, 0.2) is 0 Å². The Morgan fingerprint density at radius 3 is 2.83 bits per heavy atom. The molecule has 0 bridgehead atoms. The molecule has 0 fully saturated rings. The molecular weight excluding hydrogens is 398 g/mol. The number of rotatable bonds is 8. The van der Waals surface area contributed by atoms with Crippen molar-refractivity contribution < 1.29 is 9.53 Å². The first-order valence-electron chi connectivity index (χ1n) is 9.51. The molecule has 1 N–H and O–H groups in total. The number of carbonyl (C=O) groups excluding carboxylic acids is 1. The third kappa shape index (κ3) is 4.38. The first-order chi connectivity index (χ1) is 14.8. The van der Waals surface area contributed by atoms with Gasteiger partial charge in [-0.3, -0.25) is 19.4 Å². The Labute approximate surface area is 178 Å². The summed E-state index contributed by atoms with van der Waals surface area (Å²) >= 11 is 1.64. The molecular formula is C22H21N5O2S. The van der Waals surface area contributed by atoms with Crippen LogP contribution in [0.4, 0.5) is 0 Å². The van der Waals surface area contributed by atoms with Crippen molar-refractivity contribution in [3.05, 3.63) is 72.1 Å². The molecule has 0 unspecified atom stereocenters. The third-order valence-corrected chi connectivity index (χ3v) is 5.50. The first kappa shape index (κ1) is 19.8. The molecule has 1 aromatic carbocycles. The second-order valence-corrected chi connectivity index (χ2v) is 7.48. The van der Waals surface area contributed by atoms with Crippen LogP contribution in [0.5, 0.6) is 5.75 Å². The smallest absolute Gasteiger partial charge is 0.224 e. The van der Waals surface area contributed by atoms with Gasteiger partial charge in [0.1, 0.15) is 5.75 Å². The van der Waals surface area contributed by atoms with Crippen LogP contribution in [-0.4, -0.2) is 39.3 Å². The molecule has 0 aliphatic rings. The largest absolute Gasteiger partial charge is 0.496 e. The van der Waals surface area contributed by atoms with E-state index < -0.39 is 0 Å². The second-order valence-electron chi connectivity index (χ2n) is 6.54. The number of carbonyl (C=O) groups is 1. The minimum atomic E-state index is -0.0570. The summed E-state index contributed by atoms with van der Waals surface area (Å²) in [5, 5.41) is 9.54. The van der Waals surface area contributed by atoms with Crippen LogP contribution in [-0.2, 0) is 17.8 Å². The molecule has 0 aliphatic heterocycles. The number of aromatic nitrogens is 4. The van der Waals surface area contributed by atoms with Crippen LogP contribution in [0.15, 0.2) is 66.6 Å². The summed E-state index contributed by atoms with van der Waals surface area (Å²) in [6, 6.07) is 11.6. The highest BCUT2D eigenvalue weighted by Crippen LogP contribution is 2.33. The highest BCUT2D eigenvalue weighted by atomic mass is 32.1. The lowest BCUT2D eigenvalue weighted by Gasteiger charge is -2.11. The molecule has 0 saturated carbocycles. The quantitative estimate of drug-likeness (QED) is 0.473. The predicted octanol–water partition coefficient (Wildman–Crippen LogP) is 3.44. The van der Waals surface area contributed by atoms with Crippen LogP contribution in [0.2, 0.25) is 0 Å². The van der Waals surface area contributed by atoms with Crippen molar-refractivity contribution in [2.24, 2.45) is 0 Å². The van der Waals surface area contributed by atoms with E-state index in [0.717, 1.165) is 27.4 Å². The van der Waals surface area contributed by atoms with Gasteiger partial charge in [-0.05, 0) is 17.5 Å². The van der Waals surface area contributed by atoms with Crippen LogP contribution in [0.3, 0.4) is 0 Å². The number of nitrogens with zero attached hydrogens (tertiary/aromatic N) is 4. The topological polar surface area (TPSA) is 81.9 Å². The van der Waals surface area contributed by atoms with Crippen LogP contribution < -0.4 is 10.1 Å². The third-order valence-electron chi connectivity index (χ3n) is 4.62. The van der Waals surface area contributed by atoms with Gasteiger partial charge in [0.25, 0.3) is 0 Å². The molecule has 1 amide bonds. The van der Waals surface area contributed by atoms with E-state index in [4.69, 9.17) is 4.74 Å². The maximum absolute atomic E-state index is 12.4. The summed E-state index contributed by atoms with van der Waals surface area (Å²) in [5.41, 5.74) is 3.53. The SMILES string of the molecule is COc1ccccc1CC(=O)NCCn1ncc(-c2cnccn2)c1-c1cccs1. The van der Waals surface area contributed by atoms with Crippen molar-refractivity contribution in [1.29, 1.82) is 0 Å². The van der Waals surface area contributed by atoms with Crippen LogP contribution >= 0.6 is 11.3 Å². The van der Waals surface area contributed by atoms with Gasteiger partial charge in [0.05, 0.1) is 48.7 Å². The average molecular weight is 420 g/mol. The molecule has 152 valence electrons. The summed E-state index contributed by atoms with van der Waals surface area (Å²) in [5.74, 6) is 0.659. The van der Waals surface area contributed by atoms with Crippen molar-refractivity contribution in [2.75, 3.05) is 13.7 Å². The Morgan fingerprint density at radius 2 is 2.07 bits per heavy atom. The van der Waals surface area contributed by atoms with Crippen molar-refractivity contribution in [3.63, 3.8) is 0 Å².